The standard InChI is InChI=1S/C16H24N2O2S/c1-11(2)15-13(5-4-8-20-15)10-18-16(19)12-6-7-17-14(9-12)21-3/h6-7,9,11,13,15H,4-5,8,10H2,1-3H3,(H,18,19)/t13-,15-/m1/s1. The molecule has 1 saturated heterocycles. The molecule has 0 spiro atoms. The molecule has 1 aromatic heterocycles. The largest absolute Gasteiger partial charge is 0.378 e. The maximum absolute atomic E-state index is 12.2. The number of rotatable bonds is 5. The van der Waals surface area contributed by atoms with Gasteiger partial charge in [0.2, 0.25) is 0 Å². The Labute approximate surface area is 131 Å². The van der Waals surface area contributed by atoms with Crippen LogP contribution in [0.5, 0.6) is 0 Å². The van der Waals surface area contributed by atoms with Crippen LogP contribution in [0.2, 0.25) is 0 Å². The van der Waals surface area contributed by atoms with Gasteiger partial charge in [0, 0.05) is 30.8 Å². The molecule has 0 bridgehead atoms. The smallest absolute Gasteiger partial charge is 0.251 e. The Morgan fingerprint density at radius 1 is 1.57 bits per heavy atom. The van der Waals surface area contributed by atoms with Gasteiger partial charge in [0.1, 0.15) is 0 Å². The van der Waals surface area contributed by atoms with Crippen LogP contribution in [0.1, 0.15) is 37.0 Å². The van der Waals surface area contributed by atoms with Gasteiger partial charge in [-0.2, -0.15) is 0 Å². The number of carbonyl (C=O) groups is 1. The van der Waals surface area contributed by atoms with Gasteiger partial charge in [-0.3, -0.25) is 4.79 Å². The number of amides is 1. The van der Waals surface area contributed by atoms with Crippen LogP contribution in [0.15, 0.2) is 23.4 Å². The molecule has 116 valence electrons. The summed E-state index contributed by atoms with van der Waals surface area (Å²) in [6, 6.07) is 3.59. The van der Waals surface area contributed by atoms with E-state index in [0.29, 0.717) is 23.9 Å². The minimum Gasteiger partial charge on any atom is -0.378 e. The Hall–Kier alpha value is -1.07. The second-order valence-electron chi connectivity index (χ2n) is 5.78. The number of hydrogen-bond acceptors (Lipinski definition) is 4. The maximum Gasteiger partial charge on any atom is 0.251 e. The van der Waals surface area contributed by atoms with Crippen LogP contribution in [0.4, 0.5) is 0 Å². The molecule has 0 radical (unpaired) electrons. The zero-order chi connectivity index (χ0) is 15.2. The zero-order valence-corrected chi connectivity index (χ0v) is 13.8. The van der Waals surface area contributed by atoms with E-state index in [2.05, 4.69) is 24.1 Å². The number of carbonyl (C=O) groups excluding carboxylic acids is 1. The Balaban J connectivity index is 1.93. The average Bonchev–Trinajstić information content (AvgIpc) is 2.52. The summed E-state index contributed by atoms with van der Waals surface area (Å²) in [5.41, 5.74) is 0.673. The summed E-state index contributed by atoms with van der Waals surface area (Å²) < 4.78 is 5.86. The molecule has 1 aliphatic heterocycles. The summed E-state index contributed by atoms with van der Waals surface area (Å²) in [5.74, 6) is 0.863. The first-order valence-corrected chi connectivity index (χ1v) is 8.74. The molecule has 0 aliphatic carbocycles. The summed E-state index contributed by atoms with van der Waals surface area (Å²) in [7, 11) is 0. The van der Waals surface area contributed by atoms with Gasteiger partial charge in [-0.05, 0) is 37.1 Å². The van der Waals surface area contributed by atoms with Crippen LogP contribution in [0, 0.1) is 11.8 Å². The lowest BCUT2D eigenvalue weighted by molar-refractivity contribution is -0.0510. The predicted octanol–water partition coefficient (Wildman–Crippen LogP) is 2.98. The third kappa shape index (κ3) is 4.45. The van der Waals surface area contributed by atoms with E-state index in [1.54, 1.807) is 12.3 Å². The number of aromatic nitrogens is 1. The van der Waals surface area contributed by atoms with Crippen LogP contribution < -0.4 is 5.32 Å². The van der Waals surface area contributed by atoms with Gasteiger partial charge in [0.05, 0.1) is 11.1 Å². The summed E-state index contributed by atoms with van der Waals surface area (Å²) in [6.07, 6.45) is 6.08. The van der Waals surface area contributed by atoms with Gasteiger partial charge < -0.3 is 10.1 Å². The number of nitrogens with zero attached hydrogens (tertiary/aromatic N) is 1. The Kier molecular flexibility index (Phi) is 6.06. The lowest BCUT2D eigenvalue weighted by Crippen LogP contribution is -2.41. The van der Waals surface area contributed by atoms with E-state index in [0.717, 1.165) is 24.5 Å². The Bertz CT molecular complexity index is 479. The van der Waals surface area contributed by atoms with Crippen molar-refractivity contribution in [2.75, 3.05) is 19.4 Å². The number of thioether (sulfide) groups is 1. The second kappa shape index (κ2) is 7.80. The molecule has 2 atom stereocenters. The molecule has 5 heteroatoms. The first kappa shape index (κ1) is 16.3. The Morgan fingerprint density at radius 2 is 2.38 bits per heavy atom. The molecule has 0 aromatic carbocycles. The molecule has 0 unspecified atom stereocenters. The minimum atomic E-state index is -0.0271. The predicted molar refractivity (Wildman–Crippen MR) is 85.7 cm³/mol. The molecular formula is C16H24N2O2S. The zero-order valence-electron chi connectivity index (χ0n) is 13.0. The summed E-state index contributed by atoms with van der Waals surface area (Å²) in [5, 5.41) is 3.91. The highest BCUT2D eigenvalue weighted by Crippen LogP contribution is 2.25. The molecule has 1 N–H and O–H groups in total. The normalized spacial score (nSPS) is 22.3. The highest BCUT2D eigenvalue weighted by atomic mass is 32.2. The third-order valence-electron chi connectivity index (χ3n) is 3.88. The van der Waals surface area contributed by atoms with Crippen molar-refractivity contribution in [1.82, 2.24) is 10.3 Å². The SMILES string of the molecule is CSc1cc(C(=O)NC[C@H]2CCCO[C@@H]2C(C)C)ccn1. The summed E-state index contributed by atoms with van der Waals surface area (Å²) >= 11 is 1.54. The van der Waals surface area contributed by atoms with Gasteiger partial charge in [-0.15, -0.1) is 11.8 Å². The minimum absolute atomic E-state index is 0.0271. The second-order valence-corrected chi connectivity index (χ2v) is 6.61. The van der Waals surface area contributed by atoms with Crippen molar-refractivity contribution >= 4 is 17.7 Å². The molecule has 2 heterocycles. The van der Waals surface area contributed by atoms with Crippen molar-refractivity contribution in [3.05, 3.63) is 23.9 Å². The number of pyridine rings is 1. The average molecular weight is 308 g/mol. The fourth-order valence-electron chi connectivity index (χ4n) is 2.81. The molecule has 1 aromatic rings. The van der Waals surface area contributed by atoms with E-state index >= 15 is 0 Å². The van der Waals surface area contributed by atoms with Gasteiger partial charge in [0.25, 0.3) is 5.91 Å². The van der Waals surface area contributed by atoms with Crippen LogP contribution >= 0.6 is 11.8 Å². The highest BCUT2D eigenvalue weighted by Gasteiger charge is 2.28. The molecule has 1 amide bonds. The van der Waals surface area contributed by atoms with Gasteiger partial charge in [-0.1, -0.05) is 13.8 Å². The Morgan fingerprint density at radius 3 is 3.10 bits per heavy atom. The third-order valence-corrected chi connectivity index (χ3v) is 4.52. The molecule has 21 heavy (non-hydrogen) atoms. The van der Waals surface area contributed by atoms with E-state index in [1.807, 2.05) is 12.3 Å². The first-order valence-electron chi connectivity index (χ1n) is 7.51. The topological polar surface area (TPSA) is 51.2 Å². The summed E-state index contributed by atoms with van der Waals surface area (Å²) in [4.78, 5) is 16.4. The van der Waals surface area contributed by atoms with Crippen molar-refractivity contribution in [2.45, 2.75) is 37.8 Å². The first-order chi connectivity index (χ1) is 10.1. The summed E-state index contributed by atoms with van der Waals surface area (Å²) in [6.45, 7) is 5.88. The van der Waals surface area contributed by atoms with Gasteiger partial charge >= 0.3 is 0 Å². The van der Waals surface area contributed by atoms with Crippen molar-refractivity contribution in [1.29, 1.82) is 0 Å². The van der Waals surface area contributed by atoms with Crippen LogP contribution in [0.25, 0.3) is 0 Å². The fraction of sp³-hybridized carbons (Fsp3) is 0.625. The van der Waals surface area contributed by atoms with Crippen molar-refractivity contribution in [3.63, 3.8) is 0 Å². The number of ether oxygens (including phenoxy) is 1. The van der Waals surface area contributed by atoms with Crippen LogP contribution in [0.3, 0.4) is 0 Å². The monoisotopic (exact) mass is 308 g/mol. The quantitative estimate of drug-likeness (QED) is 0.850. The lowest BCUT2D eigenvalue weighted by Gasteiger charge is -2.34. The van der Waals surface area contributed by atoms with E-state index in [9.17, 15) is 4.79 Å². The molecule has 2 rings (SSSR count). The molecule has 1 fully saturated rings. The number of nitrogens with one attached hydrogen (secondary N) is 1. The number of hydrogen-bond donors (Lipinski definition) is 1. The molecule has 0 saturated carbocycles. The fourth-order valence-corrected chi connectivity index (χ4v) is 3.22. The molecule has 4 nitrogen and oxygen atoms in total. The highest BCUT2D eigenvalue weighted by molar-refractivity contribution is 7.98. The van der Waals surface area contributed by atoms with Crippen molar-refractivity contribution < 1.29 is 9.53 Å². The van der Waals surface area contributed by atoms with Gasteiger partial charge in [-0.25, -0.2) is 4.98 Å². The van der Waals surface area contributed by atoms with Crippen LogP contribution in [-0.2, 0) is 4.74 Å². The molecular weight excluding hydrogens is 284 g/mol. The van der Waals surface area contributed by atoms with Gasteiger partial charge in [0.15, 0.2) is 0 Å². The van der Waals surface area contributed by atoms with E-state index in [-0.39, 0.29) is 12.0 Å². The van der Waals surface area contributed by atoms with E-state index < -0.39 is 0 Å². The maximum atomic E-state index is 12.2. The van der Waals surface area contributed by atoms with Crippen molar-refractivity contribution in [2.24, 2.45) is 11.8 Å². The molecule has 1 aliphatic rings. The van der Waals surface area contributed by atoms with E-state index in [4.69, 9.17) is 4.74 Å². The van der Waals surface area contributed by atoms with Crippen LogP contribution in [-0.4, -0.2) is 36.4 Å². The van der Waals surface area contributed by atoms with Crippen molar-refractivity contribution in [3.8, 4) is 0 Å². The van der Waals surface area contributed by atoms with E-state index in [1.165, 1.54) is 11.8 Å². The lowest BCUT2D eigenvalue weighted by atomic mass is 9.87.